The SMILES string of the molecule is C[Si](C)=[Os]=[Si](C)C. The van der Waals surface area contributed by atoms with E-state index in [1.807, 2.05) is 0 Å². The molecule has 44 valence electrons. The molecule has 0 aliphatic carbocycles. The van der Waals surface area contributed by atoms with Crippen molar-refractivity contribution < 1.29 is 15.0 Å². The Morgan fingerprint density at radius 3 is 1.14 bits per heavy atom. The van der Waals surface area contributed by atoms with Crippen molar-refractivity contribution in [3.05, 3.63) is 0 Å². The molecule has 0 N–H and O–H groups in total. The van der Waals surface area contributed by atoms with Crippen LogP contribution >= 0.6 is 0 Å². The molecular formula is C4H12OsSi2. The Morgan fingerprint density at radius 1 is 0.857 bits per heavy atom. The molecule has 0 spiro atoms. The van der Waals surface area contributed by atoms with Gasteiger partial charge in [-0.1, -0.05) is 0 Å². The van der Waals surface area contributed by atoms with Gasteiger partial charge < -0.3 is 0 Å². The van der Waals surface area contributed by atoms with Crippen LogP contribution in [0.15, 0.2) is 0 Å². The van der Waals surface area contributed by atoms with Crippen LogP contribution in [0.25, 0.3) is 0 Å². The molecule has 0 rings (SSSR count). The van der Waals surface area contributed by atoms with Gasteiger partial charge in [0.15, 0.2) is 0 Å². The van der Waals surface area contributed by atoms with E-state index in [2.05, 4.69) is 26.2 Å². The van der Waals surface area contributed by atoms with Gasteiger partial charge in [0.25, 0.3) is 0 Å². The zero-order chi connectivity index (χ0) is 5.86. The number of hydrogen-bond donors (Lipinski definition) is 0. The first-order valence-electron chi connectivity index (χ1n) is 2.35. The molecule has 0 unspecified atom stereocenters. The molecule has 0 heterocycles. The fraction of sp³-hybridized carbons (Fsp3) is 1.00. The maximum atomic E-state index is 2.45. The number of rotatable bonds is 0. The molecule has 7 heavy (non-hydrogen) atoms. The summed E-state index contributed by atoms with van der Waals surface area (Å²) in [4.78, 5) is 0. The van der Waals surface area contributed by atoms with E-state index in [1.165, 1.54) is 0 Å². The van der Waals surface area contributed by atoms with Gasteiger partial charge in [-0.05, 0) is 0 Å². The van der Waals surface area contributed by atoms with E-state index < -0.39 is 0 Å². The molecule has 0 saturated heterocycles. The third-order valence-corrected chi connectivity index (χ3v) is 26.0. The first-order chi connectivity index (χ1) is 3.13. The summed E-state index contributed by atoms with van der Waals surface area (Å²) in [6, 6.07) is 0. The molecule has 0 saturated carbocycles. The van der Waals surface area contributed by atoms with Gasteiger partial charge in [-0.2, -0.15) is 0 Å². The van der Waals surface area contributed by atoms with E-state index in [-0.39, 0.29) is 13.0 Å². The van der Waals surface area contributed by atoms with Gasteiger partial charge in [-0.25, -0.2) is 0 Å². The zero-order valence-electron chi connectivity index (χ0n) is 5.35. The van der Waals surface area contributed by atoms with Crippen LogP contribution in [0.4, 0.5) is 0 Å². The van der Waals surface area contributed by atoms with E-state index in [0.717, 1.165) is 0 Å². The minimum atomic E-state index is 0.250. The molecule has 0 aromatic rings. The van der Waals surface area contributed by atoms with Gasteiger partial charge in [0.1, 0.15) is 0 Å². The average Bonchev–Trinajstić information content (AvgIpc) is 1.27. The summed E-state index contributed by atoms with van der Waals surface area (Å²) in [6.07, 6.45) is 0. The van der Waals surface area contributed by atoms with Gasteiger partial charge in [0, 0.05) is 0 Å². The van der Waals surface area contributed by atoms with Crippen LogP contribution < -0.4 is 0 Å². The van der Waals surface area contributed by atoms with E-state index in [0.29, 0.717) is 15.0 Å². The van der Waals surface area contributed by atoms with Crippen LogP contribution in [0.5, 0.6) is 0 Å². The standard InChI is InChI=1S/2C2H6Si.Os/c2*1-3-2;/h2*1-2H3;. The first kappa shape index (κ1) is 8.07. The fourth-order valence-corrected chi connectivity index (χ4v) is 26.0. The molecule has 0 radical (unpaired) electrons. The summed E-state index contributed by atoms with van der Waals surface area (Å²) in [7, 11) is 0. The first-order valence-corrected chi connectivity index (χ1v) is 14.7. The Bertz CT molecular complexity index is 102. The van der Waals surface area contributed by atoms with Gasteiger partial charge in [0.2, 0.25) is 0 Å². The topological polar surface area (TPSA) is 0 Å². The molecule has 0 fully saturated rings. The molecular weight excluding hydrogens is 294 g/mol. The van der Waals surface area contributed by atoms with E-state index in [4.69, 9.17) is 0 Å². The van der Waals surface area contributed by atoms with Crippen molar-refractivity contribution >= 4 is 13.0 Å². The van der Waals surface area contributed by atoms with Crippen molar-refractivity contribution in [2.45, 2.75) is 26.2 Å². The quantitative estimate of drug-likeness (QED) is 0.596. The molecule has 0 bridgehead atoms. The molecule has 0 aliphatic rings. The van der Waals surface area contributed by atoms with Crippen LogP contribution in [0, 0.1) is 0 Å². The van der Waals surface area contributed by atoms with E-state index >= 15 is 0 Å². The number of hydrogen-bond acceptors (Lipinski definition) is 0. The minimum absolute atomic E-state index is 0.250. The molecule has 0 atom stereocenters. The van der Waals surface area contributed by atoms with Crippen LogP contribution in [0.1, 0.15) is 0 Å². The molecule has 0 nitrogen and oxygen atoms in total. The molecule has 0 aliphatic heterocycles. The van der Waals surface area contributed by atoms with Gasteiger partial charge in [-0.3, -0.25) is 0 Å². The Morgan fingerprint density at radius 2 is 1.14 bits per heavy atom. The summed E-state index contributed by atoms with van der Waals surface area (Å²) >= 11 is 0.485. The van der Waals surface area contributed by atoms with Gasteiger partial charge in [-0.15, -0.1) is 0 Å². The second kappa shape index (κ2) is 4.00. The van der Waals surface area contributed by atoms with Gasteiger partial charge >= 0.3 is 54.2 Å². The van der Waals surface area contributed by atoms with Crippen LogP contribution in [0.3, 0.4) is 0 Å². The predicted octanol–water partition coefficient (Wildman–Crippen LogP) is 1.57. The van der Waals surface area contributed by atoms with Crippen molar-refractivity contribution in [2.75, 3.05) is 0 Å². The Labute approximate surface area is 54.3 Å². The summed E-state index contributed by atoms with van der Waals surface area (Å²) in [5, 5.41) is 0. The van der Waals surface area contributed by atoms with E-state index in [1.54, 1.807) is 0 Å². The van der Waals surface area contributed by atoms with Crippen molar-refractivity contribution in [1.82, 2.24) is 0 Å². The molecule has 0 aromatic carbocycles. The normalized spacial score (nSPS) is 8.57. The van der Waals surface area contributed by atoms with Crippen molar-refractivity contribution in [3.8, 4) is 0 Å². The zero-order valence-corrected chi connectivity index (χ0v) is 9.89. The van der Waals surface area contributed by atoms with Crippen LogP contribution in [0.2, 0.25) is 26.2 Å². The van der Waals surface area contributed by atoms with Gasteiger partial charge in [0.05, 0.1) is 0 Å². The maximum absolute atomic E-state index is 2.45. The summed E-state index contributed by atoms with van der Waals surface area (Å²) in [5.74, 6) is 0. The van der Waals surface area contributed by atoms with Crippen molar-refractivity contribution in [3.63, 3.8) is 0 Å². The summed E-state index contributed by atoms with van der Waals surface area (Å²) in [5.41, 5.74) is 0. The average molecular weight is 307 g/mol. The summed E-state index contributed by atoms with van der Waals surface area (Å²) in [6.45, 7) is 10.3. The fourth-order valence-electron chi connectivity index (χ4n) is 0.354. The molecule has 3 heteroatoms. The third kappa shape index (κ3) is 7.07. The van der Waals surface area contributed by atoms with Crippen molar-refractivity contribution in [1.29, 1.82) is 0 Å². The van der Waals surface area contributed by atoms with Crippen LogP contribution in [-0.2, 0) is 15.0 Å². The third-order valence-electron chi connectivity index (χ3n) is 0.354. The monoisotopic (exact) mass is 308 g/mol. The van der Waals surface area contributed by atoms with E-state index in [9.17, 15) is 0 Å². The Balaban J connectivity index is 4.13. The Kier molecular flexibility index (Phi) is 4.61. The second-order valence-electron chi connectivity index (χ2n) is 1.80. The molecule has 0 amide bonds. The molecule has 0 aromatic heterocycles. The Hall–Kier alpha value is 1.07. The predicted molar refractivity (Wildman–Crippen MR) is 35.0 cm³/mol. The summed E-state index contributed by atoms with van der Waals surface area (Å²) < 4.78 is 0. The van der Waals surface area contributed by atoms with Crippen LogP contribution in [-0.4, -0.2) is 13.0 Å². The van der Waals surface area contributed by atoms with Crippen molar-refractivity contribution in [2.24, 2.45) is 0 Å². The second-order valence-corrected chi connectivity index (χ2v) is 26.9.